The second-order valence-electron chi connectivity index (χ2n) is 5.57. The highest BCUT2D eigenvalue weighted by atomic mass is 19.1. The van der Waals surface area contributed by atoms with Gasteiger partial charge in [0.15, 0.2) is 0 Å². The number of hydrogen-bond acceptors (Lipinski definition) is 3. The Balaban J connectivity index is 2.35. The van der Waals surface area contributed by atoms with Gasteiger partial charge in [0.25, 0.3) is 0 Å². The smallest absolute Gasteiger partial charge is 0.123 e. The normalized spacial score (nSPS) is 17.4. The van der Waals surface area contributed by atoms with Crippen LogP contribution in [0.25, 0.3) is 0 Å². The topological polar surface area (TPSA) is 35.5 Å². The fraction of sp³-hybridized carbons (Fsp3) is 0.625. The van der Waals surface area contributed by atoms with Crippen molar-refractivity contribution in [3.63, 3.8) is 0 Å². The fourth-order valence-electron chi connectivity index (χ4n) is 3.11. The van der Waals surface area contributed by atoms with E-state index in [0.29, 0.717) is 12.6 Å². The Morgan fingerprint density at radius 3 is 2.70 bits per heavy atom. The molecule has 4 heteroatoms. The van der Waals surface area contributed by atoms with E-state index < -0.39 is 0 Å². The largest absolute Gasteiger partial charge is 0.395 e. The zero-order valence-electron chi connectivity index (χ0n) is 12.4. The molecule has 20 heavy (non-hydrogen) atoms. The van der Waals surface area contributed by atoms with Gasteiger partial charge in [-0.3, -0.25) is 0 Å². The third-order valence-electron chi connectivity index (χ3n) is 4.30. The van der Waals surface area contributed by atoms with Crippen molar-refractivity contribution in [3.8, 4) is 0 Å². The van der Waals surface area contributed by atoms with Crippen LogP contribution in [0.5, 0.6) is 0 Å². The van der Waals surface area contributed by atoms with Crippen LogP contribution in [0.15, 0.2) is 18.2 Å². The summed E-state index contributed by atoms with van der Waals surface area (Å²) >= 11 is 0. The summed E-state index contributed by atoms with van der Waals surface area (Å²) in [4.78, 5) is 2.26. The third-order valence-corrected chi connectivity index (χ3v) is 4.30. The molecule has 0 aromatic heterocycles. The third kappa shape index (κ3) is 3.30. The first-order chi connectivity index (χ1) is 9.67. The van der Waals surface area contributed by atoms with E-state index in [2.05, 4.69) is 10.2 Å². The molecule has 1 atom stereocenters. The predicted molar refractivity (Wildman–Crippen MR) is 80.6 cm³/mol. The average Bonchev–Trinajstić information content (AvgIpc) is 2.98. The Labute approximate surface area is 120 Å². The summed E-state index contributed by atoms with van der Waals surface area (Å²) in [6, 6.07) is 5.53. The van der Waals surface area contributed by atoms with Crippen LogP contribution in [-0.4, -0.2) is 31.3 Å². The van der Waals surface area contributed by atoms with Gasteiger partial charge in [-0.2, -0.15) is 0 Å². The zero-order valence-corrected chi connectivity index (χ0v) is 12.4. The summed E-state index contributed by atoms with van der Waals surface area (Å²) in [6.07, 6.45) is 4.80. The molecule has 0 spiro atoms. The molecule has 0 bridgehead atoms. The van der Waals surface area contributed by atoms with Crippen LogP contribution in [-0.2, 0) is 0 Å². The minimum Gasteiger partial charge on any atom is -0.395 e. The minimum absolute atomic E-state index is 0.0864. The number of anilines is 1. The van der Waals surface area contributed by atoms with Gasteiger partial charge in [0.2, 0.25) is 0 Å². The maximum atomic E-state index is 13.6. The Kier molecular flexibility index (Phi) is 5.38. The molecule has 0 radical (unpaired) electrons. The molecule has 0 saturated heterocycles. The number of halogens is 1. The van der Waals surface area contributed by atoms with Crippen molar-refractivity contribution in [2.75, 3.05) is 25.1 Å². The van der Waals surface area contributed by atoms with E-state index in [9.17, 15) is 9.50 Å². The summed E-state index contributed by atoms with van der Waals surface area (Å²) in [5, 5.41) is 12.5. The van der Waals surface area contributed by atoms with Crippen molar-refractivity contribution in [1.82, 2.24) is 5.32 Å². The van der Waals surface area contributed by atoms with Crippen molar-refractivity contribution >= 4 is 5.69 Å². The van der Waals surface area contributed by atoms with Crippen LogP contribution in [0.1, 0.15) is 44.2 Å². The van der Waals surface area contributed by atoms with E-state index in [1.807, 2.05) is 20.0 Å². The van der Waals surface area contributed by atoms with Crippen molar-refractivity contribution in [2.45, 2.75) is 44.7 Å². The van der Waals surface area contributed by atoms with Crippen molar-refractivity contribution < 1.29 is 9.50 Å². The van der Waals surface area contributed by atoms with Gasteiger partial charge in [-0.1, -0.05) is 12.8 Å². The monoisotopic (exact) mass is 280 g/mol. The molecule has 1 fully saturated rings. The molecular weight excluding hydrogens is 255 g/mol. The van der Waals surface area contributed by atoms with Gasteiger partial charge in [0.1, 0.15) is 5.82 Å². The molecule has 1 saturated carbocycles. The van der Waals surface area contributed by atoms with E-state index in [0.717, 1.165) is 24.1 Å². The van der Waals surface area contributed by atoms with E-state index >= 15 is 0 Å². The SMILES string of the molecule is CNC(C)c1cc(F)ccc1N(CCO)C1CCCC1. The van der Waals surface area contributed by atoms with Crippen molar-refractivity contribution in [2.24, 2.45) is 0 Å². The van der Waals surface area contributed by atoms with Gasteiger partial charge in [-0.05, 0) is 50.6 Å². The fourth-order valence-corrected chi connectivity index (χ4v) is 3.11. The molecule has 0 heterocycles. The van der Waals surface area contributed by atoms with Gasteiger partial charge >= 0.3 is 0 Å². The lowest BCUT2D eigenvalue weighted by atomic mass is 10.0. The highest BCUT2D eigenvalue weighted by molar-refractivity contribution is 5.56. The number of aliphatic hydroxyl groups excluding tert-OH is 1. The maximum absolute atomic E-state index is 13.6. The van der Waals surface area contributed by atoms with Crippen molar-refractivity contribution in [1.29, 1.82) is 0 Å². The Morgan fingerprint density at radius 1 is 1.40 bits per heavy atom. The Bertz CT molecular complexity index is 432. The lowest BCUT2D eigenvalue weighted by Crippen LogP contribution is -2.37. The van der Waals surface area contributed by atoms with Gasteiger partial charge < -0.3 is 15.3 Å². The van der Waals surface area contributed by atoms with Crippen LogP contribution >= 0.6 is 0 Å². The van der Waals surface area contributed by atoms with E-state index in [4.69, 9.17) is 0 Å². The molecule has 3 nitrogen and oxygen atoms in total. The molecule has 1 aromatic carbocycles. The lowest BCUT2D eigenvalue weighted by molar-refractivity contribution is 0.297. The van der Waals surface area contributed by atoms with E-state index in [-0.39, 0.29) is 18.5 Å². The molecule has 2 rings (SSSR count). The van der Waals surface area contributed by atoms with Gasteiger partial charge in [0, 0.05) is 24.3 Å². The average molecular weight is 280 g/mol. The summed E-state index contributed by atoms with van der Waals surface area (Å²) in [6.45, 7) is 2.77. The van der Waals surface area contributed by atoms with Crippen molar-refractivity contribution in [3.05, 3.63) is 29.6 Å². The summed E-state index contributed by atoms with van der Waals surface area (Å²) in [5.74, 6) is -0.207. The van der Waals surface area contributed by atoms with Gasteiger partial charge in [-0.15, -0.1) is 0 Å². The number of aliphatic hydroxyl groups is 1. The quantitative estimate of drug-likeness (QED) is 0.841. The Morgan fingerprint density at radius 2 is 2.10 bits per heavy atom. The highest BCUT2D eigenvalue weighted by Crippen LogP contribution is 2.33. The molecule has 2 N–H and O–H groups in total. The van der Waals surface area contributed by atoms with Crippen LogP contribution in [0.2, 0.25) is 0 Å². The molecule has 1 aliphatic rings. The van der Waals surface area contributed by atoms with Crippen LogP contribution in [0.4, 0.5) is 10.1 Å². The summed E-state index contributed by atoms with van der Waals surface area (Å²) < 4.78 is 13.6. The van der Waals surface area contributed by atoms with Crippen LogP contribution in [0, 0.1) is 5.82 Å². The zero-order chi connectivity index (χ0) is 14.5. The minimum atomic E-state index is -0.207. The predicted octanol–water partition coefficient (Wildman–Crippen LogP) is 2.85. The molecule has 0 aliphatic heterocycles. The summed E-state index contributed by atoms with van der Waals surface area (Å²) in [7, 11) is 1.88. The first-order valence-electron chi connectivity index (χ1n) is 7.51. The number of nitrogens with one attached hydrogen (secondary N) is 1. The van der Waals surface area contributed by atoms with Crippen LogP contribution in [0.3, 0.4) is 0 Å². The van der Waals surface area contributed by atoms with E-state index in [1.165, 1.54) is 18.9 Å². The maximum Gasteiger partial charge on any atom is 0.123 e. The second kappa shape index (κ2) is 7.04. The molecular formula is C16H25FN2O. The number of hydrogen-bond donors (Lipinski definition) is 2. The lowest BCUT2D eigenvalue weighted by Gasteiger charge is -2.33. The molecule has 1 aliphatic carbocycles. The van der Waals surface area contributed by atoms with Crippen LogP contribution < -0.4 is 10.2 Å². The van der Waals surface area contributed by atoms with E-state index in [1.54, 1.807) is 6.07 Å². The highest BCUT2D eigenvalue weighted by Gasteiger charge is 2.25. The van der Waals surface area contributed by atoms with Gasteiger partial charge in [-0.25, -0.2) is 4.39 Å². The first kappa shape index (κ1) is 15.3. The summed E-state index contributed by atoms with van der Waals surface area (Å²) in [5.41, 5.74) is 2.02. The molecule has 0 amide bonds. The standard InChI is InChI=1S/C16H25FN2O/c1-12(18-2)15-11-13(17)7-8-16(15)19(9-10-20)14-5-3-4-6-14/h7-8,11-12,14,18,20H,3-6,9-10H2,1-2H3. The number of rotatable bonds is 6. The Hall–Kier alpha value is -1.13. The first-order valence-corrected chi connectivity index (χ1v) is 7.51. The molecule has 1 unspecified atom stereocenters. The molecule has 1 aromatic rings. The second-order valence-corrected chi connectivity index (χ2v) is 5.57. The number of benzene rings is 1. The number of nitrogens with zero attached hydrogens (tertiary/aromatic N) is 1. The van der Waals surface area contributed by atoms with Gasteiger partial charge in [0.05, 0.1) is 6.61 Å². The molecule has 112 valence electrons.